The summed E-state index contributed by atoms with van der Waals surface area (Å²) < 4.78 is 0. The second-order valence-corrected chi connectivity index (χ2v) is 5.70. The lowest BCUT2D eigenvalue weighted by Crippen LogP contribution is -2.50. The predicted molar refractivity (Wildman–Crippen MR) is 66.2 cm³/mol. The van der Waals surface area contributed by atoms with Gasteiger partial charge in [0.15, 0.2) is 0 Å². The van der Waals surface area contributed by atoms with Crippen LogP contribution < -0.4 is 16.4 Å². The fraction of sp³-hybridized carbons (Fsp3) is 0.833. The van der Waals surface area contributed by atoms with Crippen molar-refractivity contribution < 1.29 is 9.59 Å². The highest BCUT2D eigenvalue weighted by Gasteiger charge is 2.29. The number of carbonyl (C=O) groups excluding carboxylic acids is 2. The van der Waals surface area contributed by atoms with Gasteiger partial charge in [-0.05, 0) is 18.3 Å². The number of carbonyl (C=O) groups is 2. The Balaban J connectivity index is 2.13. The Hall–Kier alpha value is -1.10. The predicted octanol–water partition coefficient (Wildman–Crippen LogP) is 0.00220. The highest BCUT2D eigenvalue weighted by atomic mass is 16.2. The first-order chi connectivity index (χ1) is 7.82. The molecule has 4 N–H and O–H groups in total. The van der Waals surface area contributed by atoms with Crippen LogP contribution in [0, 0.1) is 11.3 Å². The van der Waals surface area contributed by atoms with E-state index in [4.69, 9.17) is 5.73 Å². The Bertz CT molecular complexity index is 293. The van der Waals surface area contributed by atoms with E-state index < -0.39 is 6.04 Å². The molecule has 0 radical (unpaired) electrons. The Morgan fingerprint density at radius 1 is 1.24 bits per heavy atom. The third kappa shape index (κ3) is 4.73. The molecule has 0 aromatic heterocycles. The second-order valence-electron chi connectivity index (χ2n) is 5.70. The van der Waals surface area contributed by atoms with Crippen LogP contribution in [-0.4, -0.2) is 30.9 Å². The van der Waals surface area contributed by atoms with Crippen LogP contribution in [0.5, 0.6) is 0 Å². The van der Waals surface area contributed by atoms with E-state index in [0.29, 0.717) is 13.1 Å². The summed E-state index contributed by atoms with van der Waals surface area (Å²) in [5, 5.41) is 5.51. The number of nitrogens with two attached hydrogens (primary N) is 1. The fourth-order valence-corrected chi connectivity index (χ4v) is 1.36. The minimum atomic E-state index is -0.526. The Morgan fingerprint density at radius 3 is 2.24 bits per heavy atom. The van der Waals surface area contributed by atoms with Crippen molar-refractivity contribution in [2.75, 3.05) is 13.1 Å². The zero-order chi connectivity index (χ0) is 13.1. The van der Waals surface area contributed by atoms with Crippen LogP contribution >= 0.6 is 0 Å². The summed E-state index contributed by atoms with van der Waals surface area (Å²) in [5.41, 5.74) is 5.55. The summed E-state index contributed by atoms with van der Waals surface area (Å²) in [6.45, 7) is 6.67. The molecule has 0 aliphatic heterocycles. The third-order valence-electron chi connectivity index (χ3n) is 2.89. The van der Waals surface area contributed by atoms with E-state index in [1.165, 1.54) is 0 Å². The zero-order valence-corrected chi connectivity index (χ0v) is 10.9. The van der Waals surface area contributed by atoms with Gasteiger partial charge in [0.1, 0.15) is 0 Å². The van der Waals surface area contributed by atoms with Crippen LogP contribution in [0.1, 0.15) is 33.6 Å². The Morgan fingerprint density at radius 2 is 1.76 bits per heavy atom. The molecule has 5 nitrogen and oxygen atoms in total. The largest absolute Gasteiger partial charge is 0.354 e. The van der Waals surface area contributed by atoms with E-state index in [2.05, 4.69) is 10.6 Å². The lowest BCUT2D eigenvalue weighted by Gasteiger charge is -2.25. The molecule has 0 saturated heterocycles. The van der Waals surface area contributed by atoms with Gasteiger partial charge in [0.05, 0.1) is 6.04 Å². The van der Waals surface area contributed by atoms with Gasteiger partial charge in [-0.1, -0.05) is 20.8 Å². The zero-order valence-electron chi connectivity index (χ0n) is 10.9. The molecule has 1 fully saturated rings. The molecule has 2 amide bonds. The summed E-state index contributed by atoms with van der Waals surface area (Å²) >= 11 is 0. The lowest BCUT2D eigenvalue weighted by molar-refractivity contribution is -0.125. The van der Waals surface area contributed by atoms with Gasteiger partial charge >= 0.3 is 0 Å². The van der Waals surface area contributed by atoms with Gasteiger partial charge < -0.3 is 16.4 Å². The van der Waals surface area contributed by atoms with Gasteiger partial charge in [0.25, 0.3) is 0 Å². The molecular formula is C12H23N3O2. The number of amides is 2. The van der Waals surface area contributed by atoms with E-state index in [0.717, 1.165) is 12.8 Å². The maximum atomic E-state index is 11.6. The van der Waals surface area contributed by atoms with Gasteiger partial charge in [-0.15, -0.1) is 0 Å². The van der Waals surface area contributed by atoms with Crippen molar-refractivity contribution >= 4 is 11.8 Å². The van der Waals surface area contributed by atoms with Gasteiger partial charge in [0, 0.05) is 19.0 Å². The molecule has 1 atom stereocenters. The molecule has 0 aromatic rings. The number of hydrogen-bond acceptors (Lipinski definition) is 3. The molecule has 17 heavy (non-hydrogen) atoms. The van der Waals surface area contributed by atoms with Crippen molar-refractivity contribution in [3.8, 4) is 0 Å². The monoisotopic (exact) mass is 241 g/mol. The van der Waals surface area contributed by atoms with Gasteiger partial charge in [-0.3, -0.25) is 9.59 Å². The van der Waals surface area contributed by atoms with E-state index in [-0.39, 0.29) is 23.1 Å². The van der Waals surface area contributed by atoms with Crippen molar-refractivity contribution in [3.63, 3.8) is 0 Å². The summed E-state index contributed by atoms with van der Waals surface area (Å²) in [5.74, 6) is 0.139. The van der Waals surface area contributed by atoms with E-state index in [9.17, 15) is 9.59 Å². The van der Waals surface area contributed by atoms with Crippen LogP contribution in [-0.2, 0) is 9.59 Å². The molecule has 1 aliphatic carbocycles. The minimum Gasteiger partial charge on any atom is -0.354 e. The topological polar surface area (TPSA) is 84.2 Å². The molecule has 0 unspecified atom stereocenters. The van der Waals surface area contributed by atoms with Crippen LogP contribution in [0.2, 0.25) is 0 Å². The van der Waals surface area contributed by atoms with Crippen molar-refractivity contribution in [1.29, 1.82) is 0 Å². The van der Waals surface area contributed by atoms with Crippen molar-refractivity contribution in [2.24, 2.45) is 17.1 Å². The van der Waals surface area contributed by atoms with Crippen LogP contribution in [0.25, 0.3) is 0 Å². The molecule has 0 heterocycles. The number of nitrogens with one attached hydrogen (secondary N) is 2. The minimum absolute atomic E-state index is 0.0966. The Kier molecular flexibility index (Phi) is 4.51. The van der Waals surface area contributed by atoms with Crippen molar-refractivity contribution in [1.82, 2.24) is 10.6 Å². The molecular weight excluding hydrogens is 218 g/mol. The number of rotatable bonds is 5. The maximum Gasteiger partial charge on any atom is 0.237 e. The molecule has 1 rings (SSSR count). The van der Waals surface area contributed by atoms with Crippen LogP contribution in [0.4, 0.5) is 0 Å². The standard InChI is InChI=1S/C12H23N3O2/c1-12(2,3)9(13)11(17)15-7-6-14-10(16)8-4-5-8/h8-9H,4-7,13H2,1-3H3,(H,14,16)(H,15,17)/t9-/m1/s1. The number of hydrogen-bond donors (Lipinski definition) is 3. The highest BCUT2D eigenvalue weighted by molar-refractivity contribution is 5.82. The van der Waals surface area contributed by atoms with E-state index in [1.54, 1.807) is 0 Å². The van der Waals surface area contributed by atoms with E-state index >= 15 is 0 Å². The molecule has 0 bridgehead atoms. The van der Waals surface area contributed by atoms with Crippen LogP contribution in [0.3, 0.4) is 0 Å². The first kappa shape index (κ1) is 14.0. The first-order valence-corrected chi connectivity index (χ1v) is 6.13. The SMILES string of the molecule is CC(C)(C)[C@H](N)C(=O)NCCNC(=O)C1CC1. The molecule has 0 spiro atoms. The van der Waals surface area contributed by atoms with Crippen LogP contribution in [0.15, 0.2) is 0 Å². The molecule has 98 valence electrons. The summed E-state index contributed by atoms with van der Waals surface area (Å²) in [6.07, 6.45) is 1.99. The molecule has 0 aromatic carbocycles. The molecule has 1 aliphatic rings. The third-order valence-corrected chi connectivity index (χ3v) is 2.89. The highest BCUT2D eigenvalue weighted by Crippen LogP contribution is 2.28. The first-order valence-electron chi connectivity index (χ1n) is 6.13. The molecule has 5 heteroatoms. The lowest BCUT2D eigenvalue weighted by atomic mass is 9.87. The average molecular weight is 241 g/mol. The average Bonchev–Trinajstić information content (AvgIpc) is 3.04. The van der Waals surface area contributed by atoms with Gasteiger partial charge in [0.2, 0.25) is 11.8 Å². The Labute approximate surface area is 103 Å². The maximum absolute atomic E-state index is 11.6. The quantitative estimate of drug-likeness (QED) is 0.592. The summed E-state index contributed by atoms with van der Waals surface area (Å²) in [7, 11) is 0. The summed E-state index contributed by atoms with van der Waals surface area (Å²) in [4.78, 5) is 22.9. The fourth-order valence-electron chi connectivity index (χ4n) is 1.36. The van der Waals surface area contributed by atoms with Crippen molar-refractivity contribution in [3.05, 3.63) is 0 Å². The summed E-state index contributed by atoms with van der Waals surface area (Å²) in [6, 6.07) is -0.526. The normalized spacial score (nSPS) is 17.4. The van der Waals surface area contributed by atoms with Gasteiger partial charge in [-0.2, -0.15) is 0 Å². The second kappa shape index (κ2) is 5.49. The van der Waals surface area contributed by atoms with Gasteiger partial charge in [-0.25, -0.2) is 0 Å². The van der Waals surface area contributed by atoms with Crippen molar-refractivity contribution in [2.45, 2.75) is 39.7 Å². The molecule has 1 saturated carbocycles. The van der Waals surface area contributed by atoms with E-state index in [1.807, 2.05) is 20.8 Å². The smallest absolute Gasteiger partial charge is 0.237 e.